The third-order valence-corrected chi connectivity index (χ3v) is 5.84. The molecule has 3 N–H and O–H groups in total. The minimum Gasteiger partial charge on any atom is -0.355 e. The molecule has 170 valence electrons. The van der Waals surface area contributed by atoms with Gasteiger partial charge in [-0.1, -0.05) is 32.4 Å². The summed E-state index contributed by atoms with van der Waals surface area (Å²) in [5, 5.41) is 9.86. The lowest BCUT2D eigenvalue weighted by Crippen LogP contribution is -2.54. The molecular weight excluding hydrogens is 489 g/mol. The van der Waals surface area contributed by atoms with E-state index >= 15 is 0 Å². The summed E-state index contributed by atoms with van der Waals surface area (Å²) in [6.45, 7) is 12.4. The Balaban J connectivity index is 0.00000450. The molecule has 2 rings (SSSR count). The molecule has 1 aliphatic rings. The zero-order chi connectivity index (χ0) is 21.3. The van der Waals surface area contributed by atoms with E-state index < -0.39 is 0 Å². The van der Waals surface area contributed by atoms with Gasteiger partial charge in [-0.15, -0.1) is 24.0 Å². The number of amides is 1. The van der Waals surface area contributed by atoms with Gasteiger partial charge in [0.05, 0.1) is 0 Å². The molecule has 1 unspecified atom stereocenters. The van der Waals surface area contributed by atoms with Crippen molar-refractivity contribution in [2.24, 2.45) is 10.9 Å². The second-order valence-electron chi connectivity index (χ2n) is 8.64. The van der Waals surface area contributed by atoms with Gasteiger partial charge < -0.3 is 16.0 Å². The van der Waals surface area contributed by atoms with Gasteiger partial charge in [0.15, 0.2) is 5.96 Å². The summed E-state index contributed by atoms with van der Waals surface area (Å²) in [6, 6.07) is 7.96. The largest absolute Gasteiger partial charge is 0.355 e. The molecule has 0 bridgehead atoms. The first-order valence-corrected chi connectivity index (χ1v) is 10.9. The average Bonchev–Trinajstić information content (AvgIpc) is 2.74. The molecule has 1 atom stereocenters. The van der Waals surface area contributed by atoms with Crippen LogP contribution in [0.15, 0.2) is 29.3 Å². The van der Waals surface area contributed by atoms with E-state index in [1.165, 1.54) is 32.4 Å². The van der Waals surface area contributed by atoms with Crippen LogP contribution in [0.3, 0.4) is 0 Å². The van der Waals surface area contributed by atoms with Crippen LogP contribution in [0.25, 0.3) is 0 Å². The summed E-state index contributed by atoms with van der Waals surface area (Å²) < 4.78 is 0. The Hall–Kier alpha value is -1.35. The van der Waals surface area contributed by atoms with Crippen molar-refractivity contribution in [2.45, 2.75) is 65.5 Å². The fraction of sp³-hybridized carbons (Fsp3) is 0.652. The van der Waals surface area contributed by atoms with E-state index in [1.54, 1.807) is 7.05 Å². The standard InChI is InChI=1S/C23H39N5O.HI/c1-6-18(2)21(29)27-20-12-10-11-19(15-20)16-25-22(24-5)26-17-23(3,4)28-13-8-7-9-14-28;/h10-12,15,18H,6-9,13-14,16-17H2,1-5H3,(H,27,29)(H2,24,25,26);1H. The first kappa shape index (κ1) is 26.7. The van der Waals surface area contributed by atoms with Crippen molar-refractivity contribution in [3.05, 3.63) is 29.8 Å². The normalized spacial score (nSPS) is 16.4. The van der Waals surface area contributed by atoms with E-state index in [1.807, 2.05) is 32.0 Å². The quantitative estimate of drug-likeness (QED) is 0.268. The van der Waals surface area contributed by atoms with Crippen LogP contribution >= 0.6 is 24.0 Å². The molecule has 1 aromatic carbocycles. The zero-order valence-electron chi connectivity index (χ0n) is 19.3. The van der Waals surface area contributed by atoms with Crippen LogP contribution in [0.2, 0.25) is 0 Å². The number of guanidine groups is 1. The maximum absolute atomic E-state index is 12.1. The number of carbonyl (C=O) groups is 1. The average molecular weight is 530 g/mol. The fourth-order valence-electron chi connectivity index (χ4n) is 3.53. The topological polar surface area (TPSA) is 68.8 Å². The monoisotopic (exact) mass is 529 g/mol. The lowest BCUT2D eigenvalue weighted by molar-refractivity contribution is -0.119. The summed E-state index contributed by atoms with van der Waals surface area (Å²) in [7, 11) is 1.80. The van der Waals surface area contributed by atoms with Crippen molar-refractivity contribution in [1.82, 2.24) is 15.5 Å². The predicted molar refractivity (Wildman–Crippen MR) is 138 cm³/mol. The third kappa shape index (κ3) is 8.41. The number of halogens is 1. The lowest BCUT2D eigenvalue weighted by atomic mass is 9.98. The van der Waals surface area contributed by atoms with Gasteiger partial charge in [-0.05, 0) is 63.9 Å². The van der Waals surface area contributed by atoms with E-state index in [0.29, 0.717) is 6.54 Å². The van der Waals surface area contributed by atoms with Crippen LogP contribution in [0.4, 0.5) is 5.69 Å². The molecular formula is C23H40IN5O. The molecule has 1 saturated heterocycles. The molecule has 6 nitrogen and oxygen atoms in total. The highest BCUT2D eigenvalue weighted by molar-refractivity contribution is 14.0. The van der Waals surface area contributed by atoms with E-state index in [4.69, 9.17) is 0 Å². The third-order valence-electron chi connectivity index (χ3n) is 5.84. The number of likely N-dealkylation sites (tertiary alicyclic amines) is 1. The van der Waals surface area contributed by atoms with Crippen LogP contribution in [0.1, 0.15) is 58.9 Å². The minimum absolute atomic E-state index is 0. The first-order chi connectivity index (χ1) is 13.9. The number of piperidine rings is 1. The van der Waals surface area contributed by atoms with Crippen molar-refractivity contribution in [3.8, 4) is 0 Å². The van der Waals surface area contributed by atoms with Gasteiger partial charge in [-0.2, -0.15) is 0 Å². The number of nitrogens with one attached hydrogen (secondary N) is 3. The molecule has 1 amide bonds. The highest BCUT2D eigenvalue weighted by Gasteiger charge is 2.27. The van der Waals surface area contributed by atoms with Crippen LogP contribution in [0.5, 0.6) is 0 Å². The molecule has 1 fully saturated rings. The Morgan fingerprint density at radius 1 is 1.20 bits per heavy atom. The zero-order valence-corrected chi connectivity index (χ0v) is 21.6. The van der Waals surface area contributed by atoms with E-state index in [9.17, 15) is 4.79 Å². The number of hydrogen-bond donors (Lipinski definition) is 3. The number of nitrogens with zero attached hydrogens (tertiary/aromatic N) is 2. The molecule has 30 heavy (non-hydrogen) atoms. The van der Waals surface area contributed by atoms with Crippen molar-refractivity contribution in [2.75, 3.05) is 32.0 Å². The first-order valence-electron chi connectivity index (χ1n) is 10.9. The van der Waals surface area contributed by atoms with Gasteiger partial charge >= 0.3 is 0 Å². The lowest BCUT2D eigenvalue weighted by Gasteiger charge is -2.41. The minimum atomic E-state index is 0. The van der Waals surface area contributed by atoms with E-state index in [2.05, 4.69) is 45.8 Å². The number of anilines is 1. The van der Waals surface area contributed by atoms with Gasteiger partial charge in [-0.25, -0.2) is 0 Å². The Bertz CT molecular complexity index is 686. The molecule has 1 aliphatic heterocycles. The van der Waals surface area contributed by atoms with Gasteiger partial charge in [0.25, 0.3) is 0 Å². The van der Waals surface area contributed by atoms with Crippen molar-refractivity contribution in [3.63, 3.8) is 0 Å². The number of aliphatic imine (C=N–C) groups is 1. The predicted octanol–water partition coefficient (Wildman–Crippen LogP) is 4.22. The number of benzene rings is 1. The van der Waals surface area contributed by atoms with E-state index in [0.717, 1.165) is 30.2 Å². The Labute approximate surface area is 199 Å². The molecule has 0 radical (unpaired) electrons. The Morgan fingerprint density at radius 3 is 2.53 bits per heavy atom. The summed E-state index contributed by atoms with van der Waals surface area (Å²) in [5.41, 5.74) is 2.03. The number of carbonyl (C=O) groups excluding carboxylic acids is 1. The fourth-order valence-corrected chi connectivity index (χ4v) is 3.53. The SMILES string of the molecule is CCC(C)C(=O)Nc1cccc(CNC(=NC)NCC(C)(C)N2CCCCC2)c1.I. The summed E-state index contributed by atoms with van der Waals surface area (Å²) >= 11 is 0. The highest BCUT2D eigenvalue weighted by atomic mass is 127. The second kappa shape index (κ2) is 13.1. The molecule has 1 heterocycles. The number of rotatable bonds is 8. The van der Waals surface area contributed by atoms with Gasteiger partial charge in [0.2, 0.25) is 5.91 Å². The van der Waals surface area contributed by atoms with Crippen molar-refractivity contribution >= 4 is 41.5 Å². The molecule has 0 spiro atoms. The molecule has 0 aromatic heterocycles. The molecule has 7 heteroatoms. The molecule has 0 aliphatic carbocycles. The molecule has 0 saturated carbocycles. The maximum atomic E-state index is 12.1. The summed E-state index contributed by atoms with van der Waals surface area (Å²) in [5.74, 6) is 0.877. The maximum Gasteiger partial charge on any atom is 0.227 e. The van der Waals surface area contributed by atoms with Gasteiger partial charge in [-0.3, -0.25) is 14.7 Å². The van der Waals surface area contributed by atoms with Crippen LogP contribution in [0, 0.1) is 5.92 Å². The summed E-state index contributed by atoms with van der Waals surface area (Å²) in [6.07, 6.45) is 4.77. The Morgan fingerprint density at radius 2 is 1.90 bits per heavy atom. The van der Waals surface area contributed by atoms with Crippen LogP contribution in [-0.4, -0.2) is 49.0 Å². The van der Waals surface area contributed by atoms with Gasteiger partial charge in [0, 0.05) is 37.3 Å². The highest BCUT2D eigenvalue weighted by Crippen LogP contribution is 2.19. The van der Waals surface area contributed by atoms with Crippen molar-refractivity contribution < 1.29 is 4.79 Å². The van der Waals surface area contributed by atoms with Crippen LogP contribution in [-0.2, 0) is 11.3 Å². The van der Waals surface area contributed by atoms with E-state index in [-0.39, 0.29) is 41.3 Å². The van der Waals surface area contributed by atoms with Gasteiger partial charge in [0.1, 0.15) is 0 Å². The van der Waals surface area contributed by atoms with Crippen molar-refractivity contribution in [1.29, 1.82) is 0 Å². The number of hydrogen-bond acceptors (Lipinski definition) is 3. The molecule has 1 aromatic rings. The summed E-state index contributed by atoms with van der Waals surface area (Å²) in [4.78, 5) is 19.0. The Kier molecular flexibility index (Phi) is 11.7. The smallest absolute Gasteiger partial charge is 0.227 e. The second-order valence-corrected chi connectivity index (χ2v) is 8.64. The van der Waals surface area contributed by atoms with Crippen LogP contribution < -0.4 is 16.0 Å².